The molecule has 1 atom stereocenters. The minimum atomic E-state index is -0.0773. The van der Waals surface area contributed by atoms with E-state index in [0.717, 1.165) is 18.8 Å². The standard InChI is InChI=1S/C14H22N2O/c1-10-5-6-12-13(11(10)2)17-8-7-14(12,9-15)16(3)4/h5-6H,7-9,15H2,1-4H3. The van der Waals surface area contributed by atoms with Crippen LogP contribution in [0.1, 0.15) is 23.1 Å². The molecule has 0 aromatic heterocycles. The Labute approximate surface area is 104 Å². The van der Waals surface area contributed by atoms with Crippen molar-refractivity contribution in [2.75, 3.05) is 27.2 Å². The van der Waals surface area contributed by atoms with Crippen LogP contribution in [0.25, 0.3) is 0 Å². The van der Waals surface area contributed by atoms with Gasteiger partial charge in [-0.25, -0.2) is 0 Å². The second-order valence-corrected chi connectivity index (χ2v) is 5.11. The Morgan fingerprint density at radius 3 is 2.65 bits per heavy atom. The van der Waals surface area contributed by atoms with E-state index in [2.05, 4.69) is 45.0 Å². The van der Waals surface area contributed by atoms with Crippen molar-refractivity contribution in [1.82, 2.24) is 4.90 Å². The highest BCUT2D eigenvalue weighted by atomic mass is 16.5. The zero-order valence-corrected chi connectivity index (χ0v) is 11.2. The number of nitrogens with two attached hydrogens (primary N) is 1. The van der Waals surface area contributed by atoms with Crippen LogP contribution in [-0.2, 0) is 5.54 Å². The number of ether oxygens (including phenoxy) is 1. The molecule has 1 heterocycles. The van der Waals surface area contributed by atoms with Crippen LogP contribution in [0.2, 0.25) is 0 Å². The fraction of sp³-hybridized carbons (Fsp3) is 0.571. The number of hydrogen-bond acceptors (Lipinski definition) is 3. The van der Waals surface area contributed by atoms with Crippen molar-refractivity contribution < 1.29 is 4.74 Å². The molecule has 0 radical (unpaired) electrons. The molecule has 1 aromatic carbocycles. The molecule has 2 rings (SSSR count). The van der Waals surface area contributed by atoms with Crippen LogP contribution in [0.5, 0.6) is 5.75 Å². The van der Waals surface area contributed by atoms with Gasteiger partial charge >= 0.3 is 0 Å². The number of aryl methyl sites for hydroxylation is 1. The Kier molecular flexibility index (Phi) is 3.15. The van der Waals surface area contributed by atoms with Crippen molar-refractivity contribution in [3.8, 4) is 5.75 Å². The molecule has 2 N–H and O–H groups in total. The van der Waals surface area contributed by atoms with E-state index in [1.54, 1.807) is 0 Å². The molecule has 0 saturated heterocycles. The number of hydrogen-bond donors (Lipinski definition) is 1. The summed E-state index contributed by atoms with van der Waals surface area (Å²) in [5.74, 6) is 1.04. The second-order valence-electron chi connectivity index (χ2n) is 5.11. The summed E-state index contributed by atoms with van der Waals surface area (Å²) >= 11 is 0. The molecule has 1 aliphatic heterocycles. The minimum Gasteiger partial charge on any atom is -0.493 e. The number of likely N-dealkylation sites (N-methyl/N-ethyl adjacent to an activating group) is 1. The lowest BCUT2D eigenvalue weighted by Gasteiger charge is -2.43. The summed E-state index contributed by atoms with van der Waals surface area (Å²) in [6, 6.07) is 4.33. The lowest BCUT2D eigenvalue weighted by molar-refractivity contribution is 0.0932. The van der Waals surface area contributed by atoms with Gasteiger partial charge in [-0.05, 0) is 39.1 Å². The molecule has 17 heavy (non-hydrogen) atoms. The largest absolute Gasteiger partial charge is 0.493 e. The molecule has 1 aromatic rings. The van der Waals surface area contributed by atoms with E-state index in [1.165, 1.54) is 16.7 Å². The smallest absolute Gasteiger partial charge is 0.127 e. The van der Waals surface area contributed by atoms with Gasteiger partial charge in [-0.2, -0.15) is 0 Å². The SMILES string of the molecule is Cc1ccc2c(c1C)OCCC2(CN)N(C)C. The summed E-state index contributed by atoms with van der Waals surface area (Å²) in [5.41, 5.74) is 9.71. The summed E-state index contributed by atoms with van der Waals surface area (Å²) in [5, 5.41) is 0. The first kappa shape index (κ1) is 12.4. The van der Waals surface area contributed by atoms with Gasteiger partial charge in [0.05, 0.1) is 12.1 Å². The summed E-state index contributed by atoms with van der Waals surface area (Å²) in [4.78, 5) is 2.23. The van der Waals surface area contributed by atoms with Crippen LogP contribution >= 0.6 is 0 Å². The van der Waals surface area contributed by atoms with Gasteiger partial charge in [0.2, 0.25) is 0 Å². The Bertz CT molecular complexity index is 428. The summed E-state index contributed by atoms with van der Waals surface area (Å²) in [6.45, 7) is 5.61. The number of nitrogens with zero attached hydrogens (tertiary/aromatic N) is 1. The van der Waals surface area contributed by atoms with E-state index >= 15 is 0 Å². The van der Waals surface area contributed by atoms with Gasteiger partial charge in [-0.1, -0.05) is 12.1 Å². The summed E-state index contributed by atoms with van der Waals surface area (Å²) < 4.78 is 5.86. The van der Waals surface area contributed by atoms with Crippen LogP contribution in [0, 0.1) is 13.8 Å². The monoisotopic (exact) mass is 234 g/mol. The molecule has 3 heteroatoms. The highest BCUT2D eigenvalue weighted by Crippen LogP contribution is 2.42. The highest BCUT2D eigenvalue weighted by molar-refractivity contribution is 5.50. The van der Waals surface area contributed by atoms with Crippen molar-refractivity contribution in [2.24, 2.45) is 5.73 Å². The summed E-state index contributed by atoms with van der Waals surface area (Å²) in [6.07, 6.45) is 0.950. The van der Waals surface area contributed by atoms with E-state index in [0.29, 0.717) is 6.54 Å². The lowest BCUT2D eigenvalue weighted by Crippen LogP contribution is -2.50. The molecule has 0 aliphatic carbocycles. The van der Waals surface area contributed by atoms with Crippen LogP contribution in [0.15, 0.2) is 12.1 Å². The fourth-order valence-electron chi connectivity index (χ4n) is 2.66. The first-order valence-corrected chi connectivity index (χ1v) is 6.14. The van der Waals surface area contributed by atoms with Crippen LogP contribution in [0.3, 0.4) is 0 Å². The molecule has 0 saturated carbocycles. The van der Waals surface area contributed by atoms with E-state index in [4.69, 9.17) is 10.5 Å². The topological polar surface area (TPSA) is 38.5 Å². The van der Waals surface area contributed by atoms with Gasteiger partial charge < -0.3 is 10.5 Å². The van der Waals surface area contributed by atoms with Crippen LogP contribution in [-0.4, -0.2) is 32.1 Å². The molecule has 1 aliphatic rings. The second kappa shape index (κ2) is 4.31. The molecular formula is C14H22N2O. The zero-order chi connectivity index (χ0) is 12.6. The normalized spacial score (nSPS) is 23.4. The number of benzene rings is 1. The molecular weight excluding hydrogens is 212 g/mol. The maximum Gasteiger partial charge on any atom is 0.127 e. The quantitative estimate of drug-likeness (QED) is 0.848. The van der Waals surface area contributed by atoms with Gasteiger partial charge in [0.1, 0.15) is 5.75 Å². The molecule has 94 valence electrons. The number of fused-ring (bicyclic) bond motifs is 1. The first-order chi connectivity index (χ1) is 8.03. The molecule has 0 amide bonds. The average molecular weight is 234 g/mol. The summed E-state index contributed by atoms with van der Waals surface area (Å²) in [7, 11) is 4.19. The Morgan fingerprint density at radius 1 is 1.35 bits per heavy atom. The maximum absolute atomic E-state index is 6.04. The Morgan fingerprint density at radius 2 is 2.06 bits per heavy atom. The van der Waals surface area contributed by atoms with Gasteiger partial charge in [0.15, 0.2) is 0 Å². The van der Waals surface area contributed by atoms with E-state index in [1.807, 2.05) is 0 Å². The highest BCUT2D eigenvalue weighted by Gasteiger charge is 2.39. The Hall–Kier alpha value is -1.06. The van der Waals surface area contributed by atoms with E-state index in [9.17, 15) is 0 Å². The van der Waals surface area contributed by atoms with Gasteiger partial charge in [0.25, 0.3) is 0 Å². The maximum atomic E-state index is 6.04. The van der Waals surface area contributed by atoms with Crippen LogP contribution in [0.4, 0.5) is 0 Å². The lowest BCUT2D eigenvalue weighted by atomic mass is 9.81. The van der Waals surface area contributed by atoms with Crippen LogP contribution < -0.4 is 10.5 Å². The van der Waals surface area contributed by atoms with E-state index < -0.39 is 0 Å². The molecule has 3 nitrogen and oxygen atoms in total. The molecule has 0 bridgehead atoms. The van der Waals surface area contributed by atoms with Crippen molar-refractivity contribution >= 4 is 0 Å². The van der Waals surface area contributed by atoms with Crippen molar-refractivity contribution in [3.63, 3.8) is 0 Å². The molecule has 0 fully saturated rings. The fourth-order valence-corrected chi connectivity index (χ4v) is 2.66. The van der Waals surface area contributed by atoms with Crippen molar-refractivity contribution in [3.05, 3.63) is 28.8 Å². The average Bonchev–Trinajstić information content (AvgIpc) is 2.33. The Balaban J connectivity index is 2.62. The van der Waals surface area contributed by atoms with E-state index in [-0.39, 0.29) is 5.54 Å². The minimum absolute atomic E-state index is 0.0773. The molecule has 0 spiro atoms. The third kappa shape index (κ3) is 1.74. The third-order valence-corrected chi connectivity index (χ3v) is 4.13. The van der Waals surface area contributed by atoms with Gasteiger partial charge in [-0.3, -0.25) is 4.90 Å². The van der Waals surface area contributed by atoms with Gasteiger partial charge in [0, 0.05) is 18.5 Å². The van der Waals surface area contributed by atoms with Crippen molar-refractivity contribution in [2.45, 2.75) is 25.8 Å². The molecule has 1 unspecified atom stereocenters. The first-order valence-electron chi connectivity index (χ1n) is 6.14. The van der Waals surface area contributed by atoms with Crippen molar-refractivity contribution in [1.29, 1.82) is 0 Å². The third-order valence-electron chi connectivity index (χ3n) is 4.13. The van der Waals surface area contributed by atoms with Gasteiger partial charge in [-0.15, -0.1) is 0 Å². The predicted molar refractivity (Wildman–Crippen MR) is 70.4 cm³/mol. The number of rotatable bonds is 2. The zero-order valence-electron chi connectivity index (χ0n) is 11.2. The predicted octanol–water partition coefficient (Wildman–Crippen LogP) is 1.80.